The van der Waals surface area contributed by atoms with Gasteiger partial charge in [0, 0.05) is 31.7 Å². The number of nitrogens with one attached hydrogen (secondary N) is 1. The van der Waals surface area contributed by atoms with Crippen LogP contribution in [0.4, 0.5) is 0 Å². The third-order valence-electron chi connectivity index (χ3n) is 9.59. The summed E-state index contributed by atoms with van der Waals surface area (Å²) >= 11 is 1.44. The maximum Gasteiger partial charge on any atom is 0.326 e. The van der Waals surface area contributed by atoms with Gasteiger partial charge >= 0.3 is 5.97 Å². The van der Waals surface area contributed by atoms with E-state index in [1.165, 1.54) is 21.6 Å². The van der Waals surface area contributed by atoms with Crippen molar-refractivity contribution >= 4 is 41.4 Å². The molecular weight excluding hydrogens is 679 g/mol. The van der Waals surface area contributed by atoms with Crippen molar-refractivity contribution in [3.05, 3.63) is 137 Å². The predicted molar refractivity (Wildman–Crippen MR) is 198 cm³/mol. The average molecular weight is 720 g/mol. The summed E-state index contributed by atoms with van der Waals surface area (Å²) < 4.78 is 5.28. The van der Waals surface area contributed by atoms with Crippen LogP contribution in [0.5, 0.6) is 5.75 Å². The molecule has 6 rings (SSSR count). The fourth-order valence-corrected chi connectivity index (χ4v) is 7.88. The molecular formula is C41H41N3O7S. The number of rotatable bonds is 15. The molecule has 0 spiro atoms. The number of hydrogen-bond acceptors (Lipinski definition) is 7. The van der Waals surface area contributed by atoms with Crippen molar-refractivity contribution in [1.29, 1.82) is 0 Å². The van der Waals surface area contributed by atoms with Gasteiger partial charge in [-0.25, -0.2) is 4.79 Å². The first-order valence-electron chi connectivity index (χ1n) is 17.4. The first-order chi connectivity index (χ1) is 25.2. The Hall–Kier alpha value is -5.42. The van der Waals surface area contributed by atoms with E-state index >= 15 is 0 Å². The van der Waals surface area contributed by atoms with Gasteiger partial charge in [-0.3, -0.25) is 24.1 Å². The first kappa shape index (κ1) is 36.4. The number of carboxylic acids is 1. The number of amides is 4. The summed E-state index contributed by atoms with van der Waals surface area (Å²) in [4.78, 5) is 69.5. The van der Waals surface area contributed by atoms with Crippen molar-refractivity contribution in [2.75, 3.05) is 13.7 Å². The summed E-state index contributed by atoms with van der Waals surface area (Å²) in [6, 6.07) is 29.0. The highest BCUT2D eigenvalue weighted by molar-refractivity contribution is 7.99. The minimum atomic E-state index is -1.14. The van der Waals surface area contributed by atoms with Crippen LogP contribution in [0.25, 0.3) is 0 Å². The lowest BCUT2D eigenvalue weighted by molar-refractivity contribution is -0.151. The van der Waals surface area contributed by atoms with Crippen LogP contribution in [0.1, 0.15) is 62.2 Å². The number of imide groups is 1. The van der Waals surface area contributed by atoms with E-state index in [2.05, 4.69) is 5.32 Å². The number of thioether (sulfide) groups is 1. The van der Waals surface area contributed by atoms with Crippen LogP contribution >= 0.6 is 11.8 Å². The van der Waals surface area contributed by atoms with Gasteiger partial charge in [0.15, 0.2) is 0 Å². The average Bonchev–Trinajstić information content (AvgIpc) is 3.31. The van der Waals surface area contributed by atoms with Gasteiger partial charge in [0.25, 0.3) is 11.8 Å². The number of carbonyl (C=O) groups is 5. The predicted octanol–water partition coefficient (Wildman–Crippen LogP) is 5.53. The Balaban J connectivity index is 1.18. The van der Waals surface area contributed by atoms with E-state index in [0.717, 1.165) is 28.0 Å². The van der Waals surface area contributed by atoms with Crippen LogP contribution in [0.15, 0.2) is 103 Å². The Morgan fingerprint density at radius 2 is 1.46 bits per heavy atom. The SMILES string of the molecule is COc1ccc(CSC(CCCCN2C(=O)c3ccccc3C2=O)C(=O)NC2Cc3ccccc3CN(C(Cc3ccccc3)C(=O)O)C2=O)cc1. The molecule has 4 aromatic carbocycles. The Morgan fingerprint density at radius 3 is 2.12 bits per heavy atom. The lowest BCUT2D eigenvalue weighted by Gasteiger charge is -2.31. The van der Waals surface area contributed by atoms with Crippen LogP contribution in [-0.2, 0) is 39.5 Å². The second-order valence-electron chi connectivity index (χ2n) is 13.0. The number of unbranched alkanes of at least 4 members (excludes halogenated alkanes) is 1. The van der Waals surface area contributed by atoms with E-state index in [-0.39, 0.29) is 43.7 Å². The first-order valence-corrected chi connectivity index (χ1v) is 18.4. The van der Waals surface area contributed by atoms with Crippen LogP contribution in [0.2, 0.25) is 0 Å². The molecule has 2 aliphatic rings. The van der Waals surface area contributed by atoms with Crippen molar-refractivity contribution in [3.63, 3.8) is 0 Å². The molecule has 0 aromatic heterocycles. The van der Waals surface area contributed by atoms with Gasteiger partial charge in [0.05, 0.1) is 23.5 Å². The second kappa shape index (κ2) is 16.7. The van der Waals surface area contributed by atoms with Gasteiger partial charge in [-0.05, 0) is 59.4 Å². The molecule has 2 aliphatic heterocycles. The van der Waals surface area contributed by atoms with Gasteiger partial charge in [-0.1, -0.05) is 85.3 Å². The maximum atomic E-state index is 14.3. The second-order valence-corrected chi connectivity index (χ2v) is 14.2. The van der Waals surface area contributed by atoms with Crippen molar-refractivity contribution in [1.82, 2.24) is 15.1 Å². The maximum absolute atomic E-state index is 14.3. The zero-order valence-corrected chi connectivity index (χ0v) is 29.7. The van der Waals surface area contributed by atoms with Crippen LogP contribution < -0.4 is 10.1 Å². The molecule has 0 bridgehead atoms. The largest absolute Gasteiger partial charge is 0.497 e. The Bertz CT molecular complexity index is 1900. The van der Waals surface area contributed by atoms with Crippen molar-refractivity contribution in [3.8, 4) is 5.75 Å². The van der Waals surface area contributed by atoms with Crippen LogP contribution in [-0.4, -0.2) is 75.5 Å². The van der Waals surface area contributed by atoms with Gasteiger partial charge < -0.3 is 20.1 Å². The molecule has 11 heteroatoms. The normalized spacial score (nSPS) is 16.5. The minimum absolute atomic E-state index is 0.110. The van der Waals surface area contributed by atoms with E-state index in [1.54, 1.807) is 31.4 Å². The Morgan fingerprint density at radius 1 is 0.827 bits per heavy atom. The highest BCUT2D eigenvalue weighted by Gasteiger charge is 2.39. The number of carboxylic acid groups (broad SMARTS) is 1. The molecule has 3 atom stereocenters. The van der Waals surface area contributed by atoms with Crippen LogP contribution in [0.3, 0.4) is 0 Å². The topological polar surface area (TPSA) is 133 Å². The standard InChI is InChI=1S/C41H41N3O7S/c1-51-31-20-18-28(19-21-31)26-52-36(17-9-10-22-43-38(46)32-15-7-8-16-33(32)39(43)47)37(45)42-34-24-29-13-5-6-14-30(29)25-44(40(34)48)35(41(49)50)23-27-11-3-2-4-12-27/h2-8,11-16,18-21,34-36H,9-10,17,22-26H2,1H3,(H,42,45)(H,49,50). The molecule has 0 saturated carbocycles. The van der Waals surface area contributed by atoms with E-state index in [0.29, 0.717) is 36.1 Å². The third-order valence-corrected chi connectivity index (χ3v) is 10.9. The third kappa shape index (κ3) is 8.37. The number of fused-ring (bicyclic) bond motifs is 2. The Labute approximate surface area is 307 Å². The minimum Gasteiger partial charge on any atom is -0.497 e. The van der Waals surface area contributed by atoms with E-state index in [1.807, 2.05) is 78.9 Å². The highest BCUT2D eigenvalue weighted by atomic mass is 32.2. The summed E-state index contributed by atoms with van der Waals surface area (Å²) in [6.07, 6.45) is 1.83. The zero-order valence-electron chi connectivity index (χ0n) is 28.9. The molecule has 0 fully saturated rings. The molecule has 268 valence electrons. The number of carbonyl (C=O) groups excluding carboxylic acids is 4. The summed E-state index contributed by atoms with van der Waals surface area (Å²) in [5.41, 5.74) is 4.29. The monoisotopic (exact) mass is 719 g/mol. The number of benzene rings is 4. The fourth-order valence-electron chi connectivity index (χ4n) is 6.74. The van der Waals surface area contributed by atoms with E-state index in [4.69, 9.17) is 4.74 Å². The number of ether oxygens (including phenoxy) is 1. The molecule has 0 aliphatic carbocycles. The number of aliphatic carboxylic acids is 1. The molecule has 3 unspecified atom stereocenters. The van der Waals surface area contributed by atoms with Crippen molar-refractivity contribution in [2.24, 2.45) is 0 Å². The van der Waals surface area contributed by atoms with E-state index < -0.39 is 29.2 Å². The van der Waals surface area contributed by atoms with Gasteiger partial charge in [-0.15, -0.1) is 11.8 Å². The van der Waals surface area contributed by atoms with Crippen molar-refractivity contribution in [2.45, 2.75) is 61.7 Å². The lowest BCUT2D eigenvalue weighted by atomic mass is 10.0. The molecule has 10 nitrogen and oxygen atoms in total. The fraction of sp³-hybridized carbons (Fsp3) is 0.293. The van der Waals surface area contributed by atoms with Gasteiger partial charge in [0.2, 0.25) is 11.8 Å². The molecule has 0 saturated heterocycles. The van der Waals surface area contributed by atoms with E-state index in [9.17, 15) is 29.1 Å². The number of hydrogen-bond donors (Lipinski definition) is 2. The van der Waals surface area contributed by atoms with Gasteiger partial charge in [0.1, 0.15) is 17.8 Å². The van der Waals surface area contributed by atoms with Crippen LogP contribution in [0, 0.1) is 0 Å². The lowest BCUT2D eigenvalue weighted by Crippen LogP contribution is -2.54. The molecule has 2 heterocycles. The summed E-state index contributed by atoms with van der Waals surface area (Å²) in [5.74, 6) is -1.27. The molecule has 4 aromatic rings. The smallest absolute Gasteiger partial charge is 0.326 e. The zero-order chi connectivity index (χ0) is 36.6. The number of methoxy groups -OCH3 is 1. The molecule has 52 heavy (non-hydrogen) atoms. The molecule has 2 N–H and O–H groups in total. The summed E-state index contributed by atoms with van der Waals surface area (Å²) in [5, 5.41) is 12.8. The quantitative estimate of drug-likeness (QED) is 0.121. The summed E-state index contributed by atoms with van der Waals surface area (Å²) in [7, 11) is 1.60. The molecule has 0 radical (unpaired) electrons. The Kier molecular flexibility index (Phi) is 11.7. The van der Waals surface area contributed by atoms with Crippen molar-refractivity contribution < 1.29 is 33.8 Å². The molecule has 4 amide bonds. The number of nitrogens with zero attached hydrogens (tertiary/aromatic N) is 2. The summed E-state index contributed by atoms with van der Waals surface area (Å²) in [6.45, 7) is 0.341. The van der Waals surface area contributed by atoms with Gasteiger partial charge in [-0.2, -0.15) is 0 Å². The highest BCUT2D eigenvalue weighted by Crippen LogP contribution is 2.28.